The minimum absolute atomic E-state index is 0.142. The van der Waals surface area contributed by atoms with Gasteiger partial charge in [0.05, 0.1) is 11.8 Å². The summed E-state index contributed by atoms with van der Waals surface area (Å²) in [4.78, 5) is 14.2. The van der Waals surface area contributed by atoms with Crippen molar-refractivity contribution < 1.29 is 18.3 Å². The Morgan fingerprint density at radius 2 is 2.04 bits per heavy atom. The van der Waals surface area contributed by atoms with Gasteiger partial charge < -0.3 is 10.1 Å². The third-order valence-corrected chi connectivity index (χ3v) is 4.50. The fourth-order valence-electron chi connectivity index (χ4n) is 1.98. The van der Waals surface area contributed by atoms with E-state index in [1.807, 2.05) is 31.6 Å². The number of H-pyrrole nitrogens is 1. The molecule has 7 nitrogen and oxygen atoms in total. The van der Waals surface area contributed by atoms with Crippen LogP contribution in [0.4, 0.5) is 0 Å². The third-order valence-electron chi connectivity index (χ3n) is 3.09. The maximum Gasteiger partial charge on any atom is 0.326 e. The van der Waals surface area contributed by atoms with Crippen LogP contribution in [0.2, 0.25) is 0 Å². The van der Waals surface area contributed by atoms with E-state index in [1.165, 1.54) is 13.0 Å². The molecule has 1 saturated heterocycles. The number of hydrogen-bond donors (Lipinski definition) is 3. The van der Waals surface area contributed by atoms with Gasteiger partial charge in [0.15, 0.2) is 0 Å². The Kier molecular flexibility index (Phi) is 6.59. The van der Waals surface area contributed by atoms with Crippen LogP contribution in [0.1, 0.15) is 33.3 Å². The first-order valence-electron chi connectivity index (χ1n) is 7.34. The zero-order valence-electron chi connectivity index (χ0n) is 13.7. The molecular weight excluding hydrogens is 318 g/mol. The molecule has 0 aliphatic carbocycles. The highest BCUT2D eigenvalue weighted by atomic mass is 32.2. The van der Waals surface area contributed by atoms with Crippen LogP contribution in [0.3, 0.4) is 0 Å². The molecule has 1 aromatic rings. The first-order valence-corrected chi connectivity index (χ1v) is 8.78. The van der Waals surface area contributed by atoms with Crippen molar-refractivity contribution in [3.8, 4) is 0 Å². The Balaban J connectivity index is 0.00000127. The van der Waals surface area contributed by atoms with Crippen LogP contribution in [0.5, 0.6) is 0 Å². The summed E-state index contributed by atoms with van der Waals surface area (Å²) in [6, 6.07) is 1.87. The smallest absolute Gasteiger partial charge is 0.326 e. The van der Waals surface area contributed by atoms with Gasteiger partial charge in [0.2, 0.25) is 0 Å². The van der Waals surface area contributed by atoms with Crippen LogP contribution in [0.25, 0.3) is 5.57 Å². The van der Waals surface area contributed by atoms with Crippen LogP contribution in [-0.2, 0) is 15.0 Å². The molecule has 3 N–H and O–H groups in total. The summed E-state index contributed by atoms with van der Waals surface area (Å²) in [6.07, 6.45) is 5.76. The van der Waals surface area contributed by atoms with Gasteiger partial charge in [-0.3, -0.25) is 4.79 Å². The summed E-state index contributed by atoms with van der Waals surface area (Å²) in [7, 11) is -3.91. The Morgan fingerprint density at radius 1 is 1.39 bits per heavy atom. The van der Waals surface area contributed by atoms with Crippen LogP contribution in [0, 0.1) is 0 Å². The largest absolute Gasteiger partial charge is 0.387 e. The SMILES string of the molecule is C/C(=C\C=C(/C(C)O)N1CC(=O)NS1(=O)=O)c1cc[nH]c1.CC. The Labute approximate surface area is 136 Å². The van der Waals surface area contributed by atoms with Crippen LogP contribution in [-0.4, -0.2) is 41.4 Å². The molecule has 2 heterocycles. The van der Waals surface area contributed by atoms with E-state index in [4.69, 9.17) is 0 Å². The average Bonchev–Trinajstić information content (AvgIpc) is 3.09. The highest BCUT2D eigenvalue weighted by Crippen LogP contribution is 2.19. The van der Waals surface area contributed by atoms with E-state index in [1.54, 1.807) is 18.5 Å². The van der Waals surface area contributed by atoms with E-state index in [9.17, 15) is 18.3 Å². The van der Waals surface area contributed by atoms with Crippen molar-refractivity contribution in [2.75, 3.05) is 6.54 Å². The molecule has 1 aliphatic heterocycles. The first-order chi connectivity index (χ1) is 10.8. The summed E-state index contributed by atoms with van der Waals surface area (Å²) in [5, 5.41) is 9.79. The number of nitrogens with zero attached hydrogens (tertiary/aromatic N) is 1. The molecule has 8 heteroatoms. The number of aliphatic hydroxyl groups excluding tert-OH is 1. The van der Waals surface area contributed by atoms with Gasteiger partial charge in [-0.2, -0.15) is 8.42 Å². The minimum Gasteiger partial charge on any atom is -0.387 e. The summed E-state index contributed by atoms with van der Waals surface area (Å²) in [5.41, 5.74) is 1.99. The summed E-state index contributed by atoms with van der Waals surface area (Å²) in [6.45, 7) is 6.99. The number of aromatic amines is 1. The second-order valence-electron chi connectivity index (χ2n) is 4.75. The predicted molar refractivity (Wildman–Crippen MR) is 89.3 cm³/mol. The Hall–Kier alpha value is -2.06. The predicted octanol–water partition coefficient (Wildman–Crippen LogP) is 1.39. The highest BCUT2D eigenvalue weighted by molar-refractivity contribution is 7.88. The fraction of sp³-hybridized carbons (Fsp3) is 0.400. The second kappa shape index (κ2) is 7.98. The molecule has 1 aliphatic rings. The van der Waals surface area contributed by atoms with Crippen LogP contribution < -0.4 is 4.72 Å². The van der Waals surface area contributed by atoms with Crippen molar-refractivity contribution in [1.29, 1.82) is 0 Å². The normalized spacial score (nSPS) is 19.0. The maximum atomic E-state index is 11.8. The van der Waals surface area contributed by atoms with Gasteiger partial charge in [-0.05, 0) is 37.1 Å². The van der Waals surface area contributed by atoms with Gasteiger partial charge in [0.1, 0.15) is 6.54 Å². The molecule has 2 rings (SSSR count). The number of allylic oxidation sites excluding steroid dienone is 3. The molecule has 1 aromatic heterocycles. The third kappa shape index (κ3) is 4.70. The van der Waals surface area contributed by atoms with E-state index in [-0.39, 0.29) is 12.2 Å². The standard InChI is InChI=1S/C13H17N3O4S.C2H6/c1-9(11-5-6-14-7-11)3-4-12(10(2)17)16-8-13(18)15-21(16,19)20;1-2/h3-7,10,14,17H,8H2,1-2H3,(H,15,18);1-2H3/b9-3+,12-4+;. The van der Waals surface area contributed by atoms with Crippen LogP contribution in [0.15, 0.2) is 36.3 Å². The number of carbonyl (C=O) groups is 1. The van der Waals surface area contributed by atoms with Crippen LogP contribution >= 0.6 is 0 Å². The lowest BCUT2D eigenvalue weighted by atomic mass is 10.1. The number of rotatable bonds is 4. The van der Waals surface area contributed by atoms with Gasteiger partial charge in [-0.25, -0.2) is 9.03 Å². The van der Waals surface area contributed by atoms with E-state index in [0.717, 1.165) is 15.4 Å². The quantitative estimate of drug-likeness (QED) is 0.720. The number of amides is 1. The minimum atomic E-state index is -3.91. The molecule has 0 spiro atoms. The lowest BCUT2D eigenvalue weighted by molar-refractivity contribution is -0.118. The van der Waals surface area contributed by atoms with E-state index >= 15 is 0 Å². The number of carbonyl (C=O) groups excluding carboxylic acids is 1. The molecule has 0 bridgehead atoms. The lowest BCUT2D eigenvalue weighted by Crippen LogP contribution is -2.33. The molecule has 0 saturated carbocycles. The first kappa shape index (κ1) is 19.0. The van der Waals surface area contributed by atoms with Crippen molar-refractivity contribution in [3.63, 3.8) is 0 Å². The summed E-state index contributed by atoms with van der Waals surface area (Å²) in [5.74, 6) is -0.618. The van der Waals surface area contributed by atoms with Crippen molar-refractivity contribution in [1.82, 2.24) is 14.0 Å². The number of hydrogen-bond acceptors (Lipinski definition) is 4. The summed E-state index contributed by atoms with van der Waals surface area (Å²) >= 11 is 0. The zero-order chi connectivity index (χ0) is 17.6. The van der Waals surface area contributed by atoms with E-state index in [0.29, 0.717) is 0 Å². The second-order valence-corrected chi connectivity index (χ2v) is 6.35. The van der Waals surface area contributed by atoms with Crippen molar-refractivity contribution >= 4 is 21.7 Å². The summed E-state index contributed by atoms with van der Waals surface area (Å²) < 4.78 is 26.4. The molecule has 1 unspecified atom stereocenters. The highest BCUT2D eigenvalue weighted by Gasteiger charge is 2.36. The van der Waals surface area contributed by atoms with Crippen molar-refractivity contribution in [2.24, 2.45) is 0 Å². The number of aromatic nitrogens is 1. The number of aliphatic hydroxyl groups is 1. The molecule has 1 atom stereocenters. The fourth-order valence-corrected chi connectivity index (χ4v) is 3.22. The topological polar surface area (TPSA) is 102 Å². The van der Waals surface area contributed by atoms with E-state index < -0.39 is 22.2 Å². The number of nitrogens with one attached hydrogen (secondary N) is 2. The molecule has 23 heavy (non-hydrogen) atoms. The molecule has 1 fully saturated rings. The van der Waals surface area contributed by atoms with Gasteiger partial charge in [-0.1, -0.05) is 19.9 Å². The van der Waals surface area contributed by atoms with Gasteiger partial charge in [-0.15, -0.1) is 0 Å². The van der Waals surface area contributed by atoms with Gasteiger partial charge in [0, 0.05) is 12.4 Å². The van der Waals surface area contributed by atoms with E-state index in [2.05, 4.69) is 4.98 Å². The average molecular weight is 341 g/mol. The zero-order valence-corrected chi connectivity index (χ0v) is 14.5. The van der Waals surface area contributed by atoms with Crippen molar-refractivity contribution in [3.05, 3.63) is 41.9 Å². The maximum absolute atomic E-state index is 11.8. The van der Waals surface area contributed by atoms with Gasteiger partial charge >= 0.3 is 10.2 Å². The molecular formula is C15H23N3O4S. The lowest BCUT2D eigenvalue weighted by Gasteiger charge is -2.20. The Morgan fingerprint density at radius 3 is 2.48 bits per heavy atom. The van der Waals surface area contributed by atoms with Crippen molar-refractivity contribution in [2.45, 2.75) is 33.8 Å². The molecule has 128 valence electrons. The monoisotopic (exact) mass is 341 g/mol. The van der Waals surface area contributed by atoms with Gasteiger partial charge in [0.25, 0.3) is 5.91 Å². The molecule has 0 radical (unpaired) electrons. The molecule has 1 amide bonds. The Bertz CT molecular complexity index is 688. The molecule has 0 aromatic carbocycles.